The molecule has 3 heterocycles. The Balaban J connectivity index is 0.000000354. The number of hydrogen-bond acceptors (Lipinski definition) is 9. The number of benzene rings is 2. The van der Waals surface area contributed by atoms with Crippen molar-refractivity contribution >= 4 is 43.3 Å². The van der Waals surface area contributed by atoms with E-state index in [1.54, 1.807) is 32.2 Å². The summed E-state index contributed by atoms with van der Waals surface area (Å²) in [6, 6.07) is 14.6. The van der Waals surface area contributed by atoms with Crippen molar-refractivity contribution in [1.29, 1.82) is 0 Å². The number of rotatable bonds is 8. The van der Waals surface area contributed by atoms with Crippen molar-refractivity contribution < 1.29 is 40.1 Å². The summed E-state index contributed by atoms with van der Waals surface area (Å²) in [6.07, 6.45) is -4.13. The van der Waals surface area contributed by atoms with Crippen LogP contribution >= 0.6 is 11.3 Å². The molecule has 1 aliphatic heterocycles. The summed E-state index contributed by atoms with van der Waals surface area (Å²) >= 11 is 0.895. The number of halogens is 3. The van der Waals surface area contributed by atoms with Crippen LogP contribution in [-0.4, -0.2) is 70.2 Å². The topological polar surface area (TPSA) is 129 Å². The summed E-state index contributed by atoms with van der Waals surface area (Å²) in [4.78, 5) is 29.0. The van der Waals surface area contributed by atoms with Crippen LogP contribution in [0.2, 0.25) is 0 Å². The van der Waals surface area contributed by atoms with Crippen LogP contribution in [0.25, 0.3) is 10.3 Å². The lowest BCUT2D eigenvalue weighted by Gasteiger charge is -2.36. The number of carbonyl (C=O) groups excluding carboxylic acids is 1. The minimum atomic E-state index is -4.81. The number of nitrogens with one attached hydrogen (secondary N) is 1. The fraction of sp³-hybridized carbons (Fsp3) is 0.333. The third-order valence-electron chi connectivity index (χ3n) is 7.07. The summed E-state index contributed by atoms with van der Waals surface area (Å²) in [7, 11) is -2.38. The van der Waals surface area contributed by atoms with E-state index >= 15 is 0 Å². The van der Waals surface area contributed by atoms with Gasteiger partial charge in [0, 0.05) is 44.2 Å². The van der Waals surface area contributed by atoms with Crippen molar-refractivity contribution in [2.24, 2.45) is 0 Å². The Bertz CT molecular complexity index is 1800. The largest absolute Gasteiger partial charge is 0.495 e. The van der Waals surface area contributed by atoms with E-state index in [1.165, 1.54) is 11.4 Å². The highest BCUT2D eigenvalue weighted by molar-refractivity contribution is 7.85. The van der Waals surface area contributed by atoms with Crippen LogP contribution in [0.1, 0.15) is 28.1 Å². The van der Waals surface area contributed by atoms with Gasteiger partial charge in [0.1, 0.15) is 10.4 Å². The number of amides is 1. The minimum absolute atomic E-state index is 0.00827. The average Bonchev–Trinajstić information content (AvgIpc) is 3.44. The molecule has 10 nitrogen and oxygen atoms in total. The monoisotopic (exact) mass is 667 g/mol. The van der Waals surface area contributed by atoms with E-state index in [-0.39, 0.29) is 20.7 Å². The molecule has 1 aliphatic rings. The van der Waals surface area contributed by atoms with E-state index in [0.29, 0.717) is 24.6 Å². The maximum absolute atomic E-state index is 13.0. The van der Waals surface area contributed by atoms with E-state index in [9.17, 15) is 31.2 Å². The van der Waals surface area contributed by atoms with Crippen LogP contribution in [0.4, 0.5) is 18.9 Å². The second kappa shape index (κ2) is 14.5. The summed E-state index contributed by atoms with van der Waals surface area (Å²) in [5.41, 5.74) is 0.420. The molecule has 2 N–H and O–H groups in total. The molecule has 0 atom stereocenters. The fourth-order valence-electron chi connectivity index (χ4n) is 4.79. The normalized spacial score (nSPS) is 14.1. The van der Waals surface area contributed by atoms with E-state index in [0.717, 1.165) is 55.5 Å². The first-order valence-corrected chi connectivity index (χ1v) is 16.2. The van der Waals surface area contributed by atoms with Gasteiger partial charge in [0.05, 0.1) is 23.3 Å². The van der Waals surface area contributed by atoms with Gasteiger partial charge < -0.3 is 19.4 Å². The Morgan fingerprint density at radius 2 is 1.76 bits per heavy atom. The number of nitrogens with zero attached hydrogens (tertiary/aromatic N) is 2. The number of fused-ring (bicyclic) bond motifs is 1. The van der Waals surface area contributed by atoms with Crippen molar-refractivity contribution in [1.82, 2.24) is 10.2 Å². The summed E-state index contributed by atoms with van der Waals surface area (Å²) in [6.45, 7) is 6.20. The van der Waals surface area contributed by atoms with Gasteiger partial charge in [-0.1, -0.05) is 30.3 Å². The van der Waals surface area contributed by atoms with Crippen LogP contribution in [0, 0.1) is 6.92 Å². The Morgan fingerprint density at radius 1 is 1.09 bits per heavy atom. The molecule has 1 saturated heterocycles. The number of ether oxygens (including phenoxy) is 1. The van der Waals surface area contributed by atoms with Gasteiger partial charge in [0.15, 0.2) is 5.58 Å². The number of thiophene rings is 1. The number of methoxy groups -OCH3 is 1. The van der Waals surface area contributed by atoms with Gasteiger partial charge in [0.2, 0.25) is 11.2 Å². The molecule has 2 aromatic carbocycles. The Labute approximate surface area is 261 Å². The van der Waals surface area contributed by atoms with Crippen molar-refractivity contribution in [2.45, 2.75) is 24.4 Å². The molecule has 15 heteroatoms. The van der Waals surface area contributed by atoms with Gasteiger partial charge >= 0.3 is 6.18 Å². The van der Waals surface area contributed by atoms with E-state index in [1.807, 2.05) is 24.3 Å². The first kappa shape index (κ1) is 34.0. The fourth-order valence-corrected chi connectivity index (χ4v) is 6.40. The zero-order valence-corrected chi connectivity index (χ0v) is 26.1. The van der Waals surface area contributed by atoms with Gasteiger partial charge in [-0.15, -0.1) is 11.3 Å². The molecular formula is C30H32F3N3O7S2. The number of para-hydroxylation sites is 2. The van der Waals surface area contributed by atoms with E-state index in [2.05, 4.69) is 15.1 Å². The highest BCUT2D eigenvalue weighted by Gasteiger charge is 2.35. The summed E-state index contributed by atoms with van der Waals surface area (Å²) < 4.78 is 79.1. The lowest BCUT2D eigenvalue weighted by molar-refractivity contribution is -0.152. The molecule has 0 unspecified atom stereocenters. The van der Waals surface area contributed by atoms with Gasteiger partial charge in [0.25, 0.3) is 16.0 Å². The Morgan fingerprint density at radius 3 is 2.38 bits per heavy atom. The smallest absolute Gasteiger partial charge is 0.449 e. The lowest BCUT2D eigenvalue weighted by atomic mass is 10.2. The second-order valence-corrected chi connectivity index (χ2v) is 12.4. The maximum Gasteiger partial charge on any atom is 0.449 e. The lowest BCUT2D eigenvalue weighted by Crippen LogP contribution is -2.47. The molecule has 2 aromatic heterocycles. The molecule has 242 valence electrons. The molecule has 0 saturated carbocycles. The molecule has 0 radical (unpaired) electrons. The first-order valence-electron chi connectivity index (χ1n) is 13.8. The molecule has 0 bridgehead atoms. The Hall–Kier alpha value is -3.92. The highest BCUT2D eigenvalue weighted by Crippen LogP contribution is 2.33. The van der Waals surface area contributed by atoms with Gasteiger partial charge in [-0.25, -0.2) is 0 Å². The number of anilines is 1. The molecule has 45 heavy (non-hydrogen) atoms. The average molecular weight is 668 g/mol. The second-order valence-electron chi connectivity index (χ2n) is 10.1. The maximum atomic E-state index is 13.0. The number of carbonyl (C=O) groups is 1. The van der Waals surface area contributed by atoms with Crippen LogP contribution in [-0.2, 0) is 16.3 Å². The number of aryl methyl sites for hydroxylation is 1. The Kier molecular flexibility index (Phi) is 10.9. The quantitative estimate of drug-likeness (QED) is 0.196. The number of hydrogen-bond donors (Lipinski definition) is 2. The van der Waals surface area contributed by atoms with Crippen LogP contribution < -0.4 is 20.4 Å². The molecule has 0 aliphatic carbocycles. The molecular weight excluding hydrogens is 635 g/mol. The first-order chi connectivity index (χ1) is 21.3. The zero-order valence-electron chi connectivity index (χ0n) is 24.5. The molecule has 1 fully saturated rings. The van der Waals surface area contributed by atoms with E-state index < -0.39 is 33.4 Å². The number of alkyl halides is 3. The summed E-state index contributed by atoms with van der Waals surface area (Å²) in [5.74, 6) is -1.13. The molecule has 4 aromatic rings. The third-order valence-corrected chi connectivity index (χ3v) is 9.06. The van der Waals surface area contributed by atoms with Crippen molar-refractivity contribution in [3.8, 4) is 5.75 Å². The number of piperazine rings is 1. The predicted octanol–water partition coefficient (Wildman–Crippen LogP) is 5.07. The van der Waals surface area contributed by atoms with Crippen LogP contribution in [0.5, 0.6) is 5.75 Å². The molecule has 0 spiro atoms. The van der Waals surface area contributed by atoms with Crippen LogP contribution in [0.3, 0.4) is 0 Å². The van der Waals surface area contributed by atoms with Crippen LogP contribution in [0.15, 0.2) is 74.1 Å². The van der Waals surface area contributed by atoms with Crippen molar-refractivity contribution in [3.05, 3.63) is 87.1 Å². The highest BCUT2D eigenvalue weighted by atomic mass is 32.2. The molecule has 5 rings (SSSR count). The third kappa shape index (κ3) is 8.63. The van der Waals surface area contributed by atoms with Gasteiger partial charge in [-0.2, -0.15) is 21.6 Å². The molecule has 1 amide bonds. The van der Waals surface area contributed by atoms with Gasteiger partial charge in [-0.3, -0.25) is 19.0 Å². The zero-order chi connectivity index (χ0) is 32.8. The SMILES string of the molecule is COc1ccccc1N1CCN(CCCNC(=O)c2csc3c(=O)cc(C(F)(F)F)oc23)CC1.Cc1ccccc1S(=O)(=O)O. The van der Waals surface area contributed by atoms with Gasteiger partial charge in [-0.05, 0) is 43.7 Å². The van der Waals surface area contributed by atoms with E-state index in [4.69, 9.17) is 13.7 Å². The van der Waals surface area contributed by atoms with Crippen molar-refractivity contribution in [3.63, 3.8) is 0 Å². The van der Waals surface area contributed by atoms with Crippen molar-refractivity contribution in [2.75, 3.05) is 51.3 Å². The summed E-state index contributed by atoms with van der Waals surface area (Å²) in [5, 5.41) is 4.06. The predicted molar refractivity (Wildman–Crippen MR) is 165 cm³/mol. The standard InChI is InChI=1S/C23H24F3N3O4S.C7H8O3S/c1-32-18-6-3-2-5-16(18)29-11-9-28(10-12-29)8-4-7-27-22(31)15-14-34-21-17(30)13-19(23(24,25)26)33-20(15)21;1-6-4-2-3-5-7(6)11(8,9)10/h2-3,5-6,13-14H,4,7-12H2,1H3,(H,27,31);2-5H,1H3,(H,8,9,10). The minimum Gasteiger partial charge on any atom is -0.495 e.